The predicted molar refractivity (Wildman–Crippen MR) is 123 cm³/mol. The summed E-state index contributed by atoms with van der Waals surface area (Å²) in [5, 5.41) is 20.2. The maximum Gasteiger partial charge on any atom is 0.402 e. The average molecular weight is 470 g/mol. The van der Waals surface area contributed by atoms with Gasteiger partial charge < -0.3 is 10.2 Å². The van der Waals surface area contributed by atoms with E-state index >= 15 is 0 Å². The lowest BCUT2D eigenvalue weighted by molar-refractivity contribution is -0.173. The fourth-order valence-electron chi connectivity index (χ4n) is 3.88. The fraction of sp³-hybridized carbons (Fsp3) is 0.259. The van der Waals surface area contributed by atoms with Crippen molar-refractivity contribution in [2.75, 3.05) is 0 Å². The molecule has 7 heteroatoms. The summed E-state index contributed by atoms with van der Waals surface area (Å²) in [5.74, 6) is -0.934. The number of carbonyl (C=O) groups excluding carboxylic acids is 2. The van der Waals surface area contributed by atoms with Gasteiger partial charge in [0.05, 0.1) is 0 Å². The summed E-state index contributed by atoms with van der Waals surface area (Å²) < 4.78 is 43.4. The molecule has 0 amide bonds. The second-order valence-electron chi connectivity index (χ2n) is 8.40. The minimum Gasteiger partial charge on any atom is -0.508 e. The van der Waals surface area contributed by atoms with E-state index in [1.807, 2.05) is 0 Å². The van der Waals surface area contributed by atoms with Crippen LogP contribution in [0.2, 0.25) is 0 Å². The minimum atomic E-state index is -4.70. The summed E-state index contributed by atoms with van der Waals surface area (Å²) in [4.78, 5) is 24.2. The second-order valence-corrected chi connectivity index (χ2v) is 8.40. The van der Waals surface area contributed by atoms with Crippen molar-refractivity contribution in [3.63, 3.8) is 0 Å². The van der Waals surface area contributed by atoms with Crippen molar-refractivity contribution in [3.8, 4) is 11.5 Å². The molecule has 0 aliphatic carbocycles. The molecule has 0 saturated heterocycles. The number of carbonyl (C=O) groups is 2. The first-order valence-electron chi connectivity index (χ1n) is 10.7. The average Bonchev–Trinajstić information content (AvgIpc) is 2.79. The predicted octanol–water partition coefficient (Wildman–Crippen LogP) is 6.16. The molecule has 0 bridgehead atoms. The zero-order valence-electron chi connectivity index (χ0n) is 19.0. The molecule has 2 N–H and O–H groups in total. The fourth-order valence-corrected chi connectivity index (χ4v) is 3.88. The lowest BCUT2D eigenvalue weighted by Crippen LogP contribution is -2.40. The van der Waals surface area contributed by atoms with Gasteiger partial charge in [0.1, 0.15) is 16.9 Å². The van der Waals surface area contributed by atoms with E-state index in [0.29, 0.717) is 17.5 Å². The van der Waals surface area contributed by atoms with Crippen LogP contribution in [0.3, 0.4) is 0 Å². The Kier molecular flexibility index (Phi) is 6.87. The molecule has 3 aromatic rings. The van der Waals surface area contributed by atoms with Gasteiger partial charge in [0.2, 0.25) is 0 Å². The Hall–Kier alpha value is -3.61. The van der Waals surface area contributed by atoms with Gasteiger partial charge in [-0.15, -0.1) is 0 Å². The van der Waals surface area contributed by atoms with Crippen LogP contribution in [0.4, 0.5) is 13.2 Å². The van der Waals surface area contributed by atoms with Gasteiger partial charge in [-0.3, -0.25) is 9.59 Å². The van der Waals surface area contributed by atoms with Crippen molar-refractivity contribution in [2.24, 2.45) is 0 Å². The van der Waals surface area contributed by atoms with E-state index in [9.17, 15) is 33.0 Å². The van der Waals surface area contributed by atoms with E-state index in [4.69, 9.17) is 0 Å². The highest BCUT2D eigenvalue weighted by atomic mass is 19.4. The number of phenols is 2. The van der Waals surface area contributed by atoms with Crippen LogP contribution in [0.25, 0.3) is 0 Å². The number of hydrogen-bond donors (Lipinski definition) is 2. The Morgan fingerprint density at radius 2 is 1.26 bits per heavy atom. The largest absolute Gasteiger partial charge is 0.508 e. The molecule has 4 nitrogen and oxygen atoms in total. The quantitative estimate of drug-likeness (QED) is 0.406. The number of halogens is 3. The first-order chi connectivity index (χ1) is 15.9. The molecule has 1 atom stereocenters. The first kappa shape index (κ1) is 25.0. The summed E-state index contributed by atoms with van der Waals surface area (Å²) in [6.07, 6.45) is -4.66. The molecule has 0 aliphatic heterocycles. The maximum atomic E-state index is 14.5. The Bertz CT molecular complexity index is 1230. The van der Waals surface area contributed by atoms with Crippen LogP contribution in [0.5, 0.6) is 11.5 Å². The summed E-state index contributed by atoms with van der Waals surface area (Å²) in [7, 11) is 0. The molecule has 1 unspecified atom stereocenters. The van der Waals surface area contributed by atoms with Crippen molar-refractivity contribution >= 4 is 11.6 Å². The van der Waals surface area contributed by atoms with Gasteiger partial charge in [-0.2, -0.15) is 13.2 Å². The van der Waals surface area contributed by atoms with Gasteiger partial charge in [0, 0.05) is 23.1 Å². The number of benzene rings is 3. The van der Waals surface area contributed by atoms with E-state index in [2.05, 4.69) is 0 Å². The molecule has 0 fully saturated rings. The van der Waals surface area contributed by atoms with Gasteiger partial charge in [-0.1, -0.05) is 55.5 Å². The molecule has 0 spiro atoms. The second kappa shape index (κ2) is 9.33. The normalized spacial score (nSPS) is 13.4. The highest BCUT2D eigenvalue weighted by Crippen LogP contribution is 2.47. The van der Waals surface area contributed by atoms with Crippen molar-refractivity contribution < 1.29 is 33.0 Å². The molecular formula is C27H25F3O4. The summed E-state index contributed by atoms with van der Waals surface area (Å²) in [6, 6.07) is 13.3. The molecular weight excluding hydrogens is 445 g/mol. The number of phenolic OH excluding ortho intramolecular Hbond substituents is 2. The van der Waals surface area contributed by atoms with Gasteiger partial charge in [-0.05, 0) is 49.1 Å². The number of hydrogen-bond acceptors (Lipinski definition) is 4. The SMILES string of the molecule is CCc1cc(C(C)(c2ccc(O)c(CC(=O)c3ccc(C(C)=O)cc3)c2)C(F)(F)F)ccc1O. The molecule has 178 valence electrons. The monoisotopic (exact) mass is 470 g/mol. The van der Waals surface area contributed by atoms with Crippen LogP contribution in [0.15, 0.2) is 60.7 Å². The maximum absolute atomic E-state index is 14.5. The highest BCUT2D eigenvalue weighted by Gasteiger charge is 2.53. The van der Waals surface area contributed by atoms with Crippen LogP contribution >= 0.6 is 0 Å². The van der Waals surface area contributed by atoms with Crippen LogP contribution in [-0.2, 0) is 18.3 Å². The zero-order chi connectivity index (χ0) is 25.3. The lowest BCUT2D eigenvalue weighted by atomic mass is 9.74. The van der Waals surface area contributed by atoms with Gasteiger partial charge in [-0.25, -0.2) is 0 Å². The molecule has 0 aliphatic rings. The van der Waals surface area contributed by atoms with Crippen LogP contribution in [0.1, 0.15) is 63.7 Å². The van der Waals surface area contributed by atoms with Crippen molar-refractivity contribution in [2.45, 2.75) is 45.2 Å². The van der Waals surface area contributed by atoms with Gasteiger partial charge in [0.15, 0.2) is 11.6 Å². The Morgan fingerprint density at radius 1 is 0.794 bits per heavy atom. The topological polar surface area (TPSA) is 74.6 Å². The number of aromatic hydroxyl groups is 2. The number of ketones is 2. The van der Waals surface area contributed by atoms with Crippen LogP contribution < -0.4 is 0 Å². The standard InChI is InChI=1S/C27H25F3O4/c1-4-17-13-21(9-11-23(17)32)26(3,27(28,29)30)22-10-12-24(33)20(14-22)15-25(34)19-7-5-18(6-8-19)16(2)31/h5-14,32-33H,4,15H2,1-3H3. The number of alkyl halides is 3. The molecule has 3 rings (SSSR count). The number of aryl methyl sites for hydroxylation is 1. The van der Waals surface area contributed by atoms with E-state index in [0.717, 1.165) is 13.0 Å². The molecule has 0 saturated carbocycles. The lowest BCUT2D eigenvalue weighted by Gasteiger charge is -2.34. The van der Waals surface area contributed by atoms with Crippen molar-refractivity contribution in [1.29, 1.82) is 0 Å². The van der Waals surface area contributed by atoms with E-state index in [1.165, 1.54) is 61.5 Å². The Balaban J connectivity index is 2.04. The van der Waals surface area contributed by atoms with Crippen molar-refractivity contribution in [3.05, 3.63) is 94.0 Å². The molecule has 0 radical (unpaired) electrons. The van der Waals surface area contributed by atoms with Crippen molar-refractivity contribution in [1.82, 2.24) is 0 Å². The third-order valence-corrected chi connectivity index (χ3v) is 6.23. The molecule has 0 aromatic heterocycles. The summed E-state index contributed by atoms with van der Waals surface area (Å²) in [5.41, 5.74) is -1.49. The number of rotatable bonds is 7. The first-order valence-corrected chi connectivity index (χ1v) is 10.7. The van der Waals surface area contributed by atoms with E-state index in [1.54, 1.807) is 6.92 Å². The molecule has 3 aromatic carbocycles. The van der Waals surface area contributed by atoms with Gasteiger partial charge >= 0.3 is 6.18 Å². The van der Waals surface area contributed by atoms with E-state index < -0.39 is 17.4 Å². The third-order valence-electron chi connectivity index (χ3n) is 6.23. The third kappa shape index (κ3) is 4.69. The Labute approximate surface area is 195 Å². The number of Topliss-reactive ketones (excluding diaryl/α,β-unsaturated/α-hetero) is 2. The summed E-state index contributed by atoms with van der Waals surface area (Å²) in [6.45, 7) is 4.17. The molecule has 0 heterocycles. The minimum absolute atomic E-state index is 0.0579. The Morgan fingerprint density at radius 3 is 1.74 bits per heavy atom. The smallest absolute Gasteiger partial charge is 0.402 e. The zero-order valence-corrected chi connectivity index (χ0v) is 19.0. The van der Waals surface area contributed by atoms with Gasteiger partial charge in [0.25, 0.3) is 0 Å². The highest BCUT2D eigenvalue weighted by molar-refractivity contribution is 5.99. The molecule has 34 heavy (non-hydrogen) atoms. The van der Waals surface area contributed by atoms with E-state index in [-0.39, 0.29) is 46.0 Å². The van der Waals surface area contributed by atoms with Crippen LogP contribution in [-0.4, -0.2) is 28.0 Å². The summed E-state index contributed by atoms with van der Waals surface area (Å²) >= 11 is 0. The van der Waals surface area contributed by atoms with Crippen LogP contribution in [0, 0.1) is 0 Å².